The van der Waals surface area contributed by atoms with Crippen LogP contribution in [-0.4, -0.2) is 0 Å². The van der Waals surface area contributed by atoms with Crippen molar-refractivity contribution in [3.05, 3.63) is 34.9 Å². The number of nitrogens with two attached hydrogens (primary N) is 1. The zero-order chi connectivity index (χ0) is 9.84. The third-order valence-corrected chi connectivity index (χ3v) is 2.64. The molecule has 1 heteroatoms. The summed E-state index contributed by atoms with van der Waals surface area (Å²) in [5, 5.41) is 0. The van der Waals surface area contributed by atoms with Gasteiger partial charge in [0, 0.05) is 6.04 Å². The molecular weight excluding hydrogens is 158 g/mol. The molecule has 0 aliphatic rings. The van der Waals surface area contributed by atoms with Gasteiger partial charge < -0.3 is 5.73 Å². The smallest absolute Gasteiger partial charge is 0.0295 e. The highest BCUT2D eigenvalue weighted by Gasteiger charge is 2.08. The van der Waals surface area contributed by atoms with Crippen LogP contribution < -0.4 is 5.73 Å². The summed E-state index contributed by atoms with van der Waals surface area (Å²) < 4.78 is 0. The van der Waals surface area contributed by atoms with E-state index in [0.717, 1.165) is 12.8 Å². The molecule has 0 bridgehead atoms. The number of aryl methyl sites for hydroxylation is 1. The Hall–Kier alpha value is -0.820. The molecular formula is C12H19N. The van der Waals surface area contributed by atoms with Crippen LogP contribution in [-0.2, 0) is 6.42 Å². The summed E-state index contributed by atoms with van der Waals surface area (Å²) in [5.41, 5.74) is 10.2. The maximum absolute atomic E-state index is 6.04. The molecule has 0 aromatic heterocycles. The maximum Gasteiger partial charge on any atom is 0.0295 e. The maximum atomic E-state index is 6.04. The van der Waals surface area contributed by atoms with Crippen LogP contribution in [0, 0.1) is 6.92 Å². The molecule has 0 unspecified atom stereocenters. The molecule has 72 valence electrons. The van der Waals surface area contributed by atoms with Gasteiger partial charge in [0.2, 0.25) is 0 Å². The first-order valence-corrected chi connectivity index (χ1v) is 5.04. The Balaban J connectivity index is 3.12. The van der Waals surface area contributed by atoms with Gasteiger partial charge in [-0.3, -0.25) is 0 Å². The van der Waals surface area contributed by atoms with E-state index in [0.29, 0.717) is 0 Å². The van der Waals surface area contributed by atoms with Gasteiger partial charge >= 0.3 is 0 Å². The highest BCUT2D eigenvalue weighted by molar-refractivity contribution is 5.36. The van der Waals surface area contributed by atoms with Gasteiger partial charge in [0.25, 0.3) is 0 Å². The first-order valence-electron chi connectivity index (χ1n) is 5.04. The van der Waals surface area contributed by atoms with Gasteiger partial charge in [-0.05, 0) is 36.5 Å². The summed E-state index contributed by atoms with van der Waals surface area (Å²) in [6, 6.07) is 6.61. The zero-order valence-electron chi connectivity index (χ0n) is 8.80. The molecule has 1 aromatic rings. The van der Waals surface area contributed by atoms with Crippen LogP contribution in [0.1, 0.15) is 43.0 Å². The van der Waals surface area contributed by atoms with Crippen molar-refractivity contribution in [3.8, 4) is 0 Å². The van der Waals surface area contributed by atoms with Crippen molar-refractivity contribution in [1.29, 1.82) is 0 Å². The van der Waals surface area contributed by atoms with Gasteiger partial charge in [-0.2, -0.15) is 0 Å². The van der Waals surface area contributed by atoms with Gasteiger partial charge in [-0.1, -0.05) is 32.0 Å². The highest BCUT2D eigenvalue weighted by Crippen LogP contribution is 2.21. The monoisotopic (exact) mass is 177 g/mol. The lowest BCUT2D eigenvalue weighted by atomic mass is 9.94. The molecule has 0 amide bonds. The third kappa shape index (κ3) is 2.10. The van der Waals surface area contributed by atoms with Crippen LogP contribution in [0.15, 0.2) is 18.2 Å². The van der Waals surface area contributed by atoms with Crippen molar-refractivity contribution in [2.24, 2.45) is 5.73 Å². The van der Waals surface area contributed by atoms with Crippen molar-refractivity contribution < 1.29 is 0 Å². The summed E-state index contributed by atoms with van der Waals surface area (Å²) >= 11 is 0. The summed E-state index contributed by atoms with van der Waals surface area (Å²) in [6.07, 6.45) is 2.09. The topological polar surface area (TPSA) is 26.0 Å². The molecule has 1 aromatic carbocycles. The minimum atomic E-state index is 0.204. The van der Waals surface area contributed by atoms with Crippen molar-refractivity contribution in [1.82, 2.24) is 0 Å². The molecule has 0 fully saturated rings. The Morgan fingerprint density at radius 1 is 1.31 bits per heavy atom. The molecule has 0 aliphatic heterocycles. The Bertz CT molecular complexity index is 278. The molecule has 1 nitrogen and oxygen atoms in total. The van der Waals surface area contributed by atoms with E-state index in [1.807, 2.05) is 0 Å². The number of rotatable bonds is 3. The second kappa shape index (κ2) is 4.43. The molecule has 13 heavy (non-hydrogen) atoms. The fraction of sp³-hybridized carbons (Fsp3) is 0.500. The van der Waals surface area contributed by atoms with E-state index in [9.17, 15) is 0 Å². The lowest BCUT2D eigenvalue weighted by Crippen LogP contribution is -2.11. The molecule has 0 aliphatic carbocycles. The second-order valence-corrected chi connectivity index (χ2v) is 3.51. The average molecular weight is 177 g/mol. The van der Waals surface area contributed by atoms with Gasteiger partial charge in [0.05, 0.1) is 0 Å². The summed E-state index contributed by atoms with van der Waals surface area (Å²) in [5.74, 6) is 0. The third-order valence-electron chi connectivity index (χ3n) is 2.64. The van der Waals surface area contributed by atoms with Gasteiger partial charge in [0.15, 0.2) is 0 Å². The van der Waals surface area contributed by atoms with Crippen molar-refractivity contribution in [3.63, 3.8) is 0 Å². The lowest BCUT2D eigenvalue weighted by molar-refractivity contribution is 0.689. The molecule has 0 radical (unpaired) electrons. The predicted octanol–water partition coefficient (Wildman–Crippen LogP) is 2.97. The molecule has 0 saturated heterocycles. The standard InChI is InChI=1S/C12H19N/c1-4-10-9(3)7-6-8-11(10)12(13)5-2/h6-8,12H,4-5,13H2,1-3H3/t12-/m0/s1. The SMILES string of the molecule is CCc1c(C)cccc1[C@@H](N)CC. The largest absolute Gasteiger partial charge is 0.324 e. The van der Waals surface area contributed by atoms with Crippen LogP contribution >= 0.6 is 0 Å². The Labute approximate surface area is 81.0 Å². The molecule has 2 N–H and O–H groups in total. The van der Waals surface area contributed by atoms with Crippen LogP contribution in [0.5, 0.6) is 0 Å². The van der Waals surface area contributed by atoms with E-state index in [-0.39, 0.29) is 6.04 Å². The summed E-state index contributed by atoms with van der Waals surface area (Å²) in [7, 11) is 0. The van der Waals surface area contributed by atoms with E-state index < -0.39 is 0 Å². The Morgan fingerprint density at radius 3 is 2.54 bits per heavy atom. The first kappa shape index (κ1) is 10.3. The predicted molar refractivity (Wildman–Crippen MR) is 57.8 cm³/mol. The van der Waals surface area contributed by atoms with Crippen molar-refractivity contribution >= 4 is 0 Å². The van der Waals surface area contributed by atoms with Gasteiger partial charge in [0.1, 0.15) is 0 Å². The van der Waals surface area contributed by atoms with Crippen LogP contribution in [0.2, 0.25) is 0 Å². The molecule has 1 atom stereocenters. The fourth-order valence-corrected chi connectivity index (χ4v) is 1.78. The van der Waals surface area contributed by atoms with Crippen LogP contribution in [0.25, 0.3) is 0 Å². The first-order chi connectivity index (χ1) is 6.20. The second-order valence-electron chi connectivity index (χ2n) is 3.51. The molecule has 0 saturated carbocycles. The normalized spacial score (nSPS) is 12.9. The zero-order valence-corrected chi connectivity index (χ0v) is 8.80. The number of hydrogen-bond donors (Lipinski definition) is 1. The molecule has 1 rings (SSSR count). The van der Waals surface area contributed by atoms with Crippen LogP contribution in [0.4, 0.5) is 0 Å². The number of hydrogen-bond acceptors (Lipinski definition) is 1. The lowest BCUT2D eigenvalue weighted by Gasteiger charge is -2.15. The van der Waals surface area contributed by atoms with E-state index in [1.54, 1.807) is 0 Å². The van der Waals surface area contributed by atoms with E-state index in [1.165, 1.54) is 16.7 Å². The highest BCUT2D eigenvalue weighted by atomic mass is 14.6. The quantitative estimate of drug-likeness (QED) is 0.754. The minimum Gasteiger partial charge on any atom is -0.324 e. The summed E-state index contributed by atoms with van der Waals surface area (Å²) in [4.78, 5) is 0. The Kier molecular flexibility index (Phi) is 3.49. The van der Waals surface area contributed by atoms with Crippen LogP contribution in [0.3, 0.4) is 0 Å². The van der Waals surface area contributed by atoms with Crippen molar-refractivity contribution in [2.75, 3.05) is 0 Å². The minimum absolute atomic E-state index is 0.204. The Morgan fingerprint density at radius 2 is 2.00 bits per heavy atom. The van der Waals surface area contributed by atoms with E-state index >= 15 is 0 Å². The fourth-order valence-electron chi connectivity index (χ4n) is 1.78. The number of benzene rings is 1. The van der Waals surface area contributed by atoms with Gasteiger partial charge in [-0.15, -0.1) is 0 Å². The summed E-state index contributed by atoms with van der Waals surface area (Å²) in [6.45, 7) is 6.48. The average Bonchev–Trinajstić information content (AvgIpc) is 2.16. The van der Waals surface area contributed by atoms with Crippen molar-refractivity contribution in [2.45, 2.75) is 39.7 Å². The molecule has 0 heterocycles. The van der Waals surface area contributed by atoms with E-state index in [4.69, 9.17) is 5.73 Å². The van der Waals surface area contributed by atoms with E-state index in [2.05, 4.69) is 39.0 Å². The van der Waals surface area contributed by atoms with Gasteiger partial charge in [-0.25, -0.2) is 0 Å². The molecule has 0 spiro atoms.